The molecule has 0 aromatic heterocycles. The van der Waals surface area contributed by atoms with Crippen LogP contribution >= 0.6 is 0 Å². The molecule has 3 nitrogen and oxygen atoms in total. The van der Waals surface area contributed by atoms with E-state index in [4.69, 9.17) is 9.47 Å². The molecule has 0 spiro atoms. The zero-order valence-corrected chi connectivity index (χ0v) is 9.81. The van der Waals surface area contributed by atoms with E-state index in [1.807, 2.05) is 24.3 Å². The summed E-state index contributed by atoms with van der Waals surface area (Å²) in [5.41, 5.74) is 1.66. The highest BCUT2D eigenvalue weighted by atomic mass is 16.5. The average molecular weight is 230 g/mol. The minimum atomic E-state index is 0.232. The molecule has 0 aliphatic heterocycles. The summed E-state index contributed by atoms with van der Waals surface area (Å²) in [6, 6.07) is 12.7. The molecule has 0 fully saturated rings. The van der Waals surface area contributed by atoms with Gasteiger partial charge >= 0.3 is 0 Å². The van der Waals surface area contributed by atoms with Crippen LogP contribution < -0.4 is 9.47 Å². The lowest BCUT2D eigenvalue weighted by molar-refractivity contribution is 0.412. The van der Waals surface area contributed by atoms with Gasteiger partial charge in [0.05, 0.1) is 14.2 Å². The first-order chi connectivity index (χ1) is 8.24. The van der Waals surface area contributed by atoms with Crippen molar-refractivity contribution in [3.8, 4) is 28.4 Å². The number of hydrogen-bond donors (Lipinski definition) is 1. The second-order valence-electron chi connectivity index (χ2n) is 3.61. The van der Waals surface area contributed by atoms with Gasteiger partial charge in [-0.25, -0.2) is 0 Å². The fourth-order valence-corrected chi connectivity index (χ4v) is 1.64. The van der Waals surface area contributed by atoms with Crippen molar-refractivity contribution >= 4 is 0 Å². The minimum absolute atomic E-state index is 0.232. The summed E-state index contributed by atoms with van der Waals surface area (Å²) in [4.78, 5) is 0. The van der Waals surface area contributed by atoms with E-state index in [0.29, 0.717) is 5.75 Å². The predicted octanol–water partition coefficient (Wildman–Crippen LogP) is 3.08. The smallest absolute Gasteiger partial charge is 0.123 e. The molecule has 0 amide bonds. The Morgan fingerprint density at radius 1 is 0.824 bits per heavy atom. The minimum Gasteiger partial charge on any atom is -0.507 e. The number of hydrogen-bond acceptors (Lipinski definition) is 3. The molecule has 0 aliphatic carbocycles. The Morgan fingerprint density at radius 2 is 1.41 bits per heavy atom. The highest BCUT2D eigenvalue weighted by molar-refractivity contribution is 5.72. The first kappa shape index (κ1) is 11.3. The molecule has 0 atom stereocenters. The van der Waals surface area contributed by atoms with Crippen molar-refractivity contribution in [1.82, 2.24) is 0 Å². The first-order valence-electron chi connectivity index (χ1n) is 5.26. The maximum absolute atomic E-state index is 9.82. The Bertz CT molecular complexity index is 503. The van der Waals surface area contributed by atoms with Gasteiger partial charge in [0.2, 0.25) is 0 Å². The topological polar surface area (TPSA) is 38.7 Å². The lowest BCUT2D eigenvalue weighted by atomic mass is 10.0. The number of phenols is 1. The summed E-state index contributed by atoms with van der Waals surface area (Å²) >= 11 is 0. The first-order valence-corrected chi connectivity index (χ1v) is 5.26. The van der Waals surface area contributed by atoms with E-state index in [1.165, 1.54) is 0 Å². The largest absolute Gasteiger partial charge is 0.507 e. The lowest BCUT2D eigenvalue weighted by Gasteiger charge is -2.08. The number of phenolic OH excluding ortho intramolecular Hbond substituents is 1. The molecule has 0 saturated heterocycles. The molecule has 0 radical (unpaired) electrons. The molecule has 2 aromatic rings. The van der Waals surface area contributed by atoms with Crippen molar-refractivity contribution in [3.63, 3.8) is 0 Å². The number of aromatic hydroxyl groups is 1. The molecule has 88 valence electrons. The molecule has 0 bridgehead atoms. The number of ether oxygens (including phenoxy) is 2. The highest BCUT2D eigenvalue weighted by Crippen LogP contribution is 2.33. The van der Waals surface area contributed by atoms with Crippen molar-refractivity contribution in [1.29, 1.82) is 0 Å². The molecule has 0 saturated carbocycles. The number of methoxy groups -OCH3 is 2. The fourth-order valence-electron chi connectivity index (χ4n) is 1.64. The van der Waals surface area contributed by atoms with Gasteiger partial charge in [0.15, 0.2) is 0 Å². The van der Waals surface area contributed by atoms with Crippen LogP contribution in [0.1, 0.15) is 0 Å². The Hall–Kier alpha value is -2.16. The lowest BCUT2D eigenvalue weighted by Crippen LogP contribution is -1.86. The van der Waals surface area contributed by atoms with E-state index in [0.717, 1.165) is 16.9 Å². The predicted molar refractivity (Wildman–Crippen MR) is 66.6 cm³/mol. The third-order valence-electron chi connectivity index (χ3n) is 2.60. The summed E-state index contributed by atoms with van der Waals surface area (Å²) in [5.74, 6) is 1.74. The molecule has 1 N–H and O–H groups in total. The Labute approximate surface area is 100 Å². The van der Waals surface area contributed by atoms with Crippen LogP contribution in [-0.2, 0) is 0 Å². The molecule has 0 unspecified atom stereocenters. The second-order valence-corrected chi connectivity index (χ2v) is 3.61. The van der Waals surface area contributed by atoms with Crippen molar-refractivity contribution in [2.24, 2.45) is 0 Å². The summed E-state index contributed by atoms with van der Waals surface area (Å²) in [6.07, 6.45) is 0. The van der Waals surface area contributed by atoms with Gasteiger partial charge in [-0.15, -0.1) is 0 Å². The van der Waals surface area contributed by atoms with Crippen molar-refractivity contribution in [2.45, 2.75) is 0 Å². The molecule has 17 heavy (non-hydrogen) atoms. The zero-order chi connectivity index (χ0) is 12.3. The van der Waals surface area contributed by atoms with Gasteiger partial charge in [0.25, 0.3) is 0 Å². The van der Waals surface area contributed by atoms with Gasteiger partial charge in [-0.2, -0.15) is 0 Å². The normalized spacial score (nSPS) is 10.0. The summed E-state index contributed by atoms with van der Waals surface area (Å²) in [6.45, 7) is 0. The number of benzene rings is 2. The molecule has 0 aliphatic rings. The standard InChI is InChI=1S/C14H14O3/c1-16-11-5-3-10(4-6-11)13-9-12(17-2)7-8-14(13)15/h3-9,15H,1-2H3. The average Bonchev–Trinajstić information content (AvgIpc) is 2.39. The molecule has 0 heterocycles. The molecular formula is C14H14O3. The van der Waals surface area contributed by atoms with Crippen LogP contribution in [0.15, 0.2) is 42.5 Å². The van der Waals surface area contributed by atoms with Crippen molar-refractivity contribution in [3.05, 3.63) is 42.5 Å². The molecule has 2 aromatic carbocycles. The van der Waals surface area contributed by atoms with Gasteiger partial charge in [0.1, 0.15) is 17.2 Å². The van der Waals surface area contributed by atoms with Gasteiger partial charge in [-0.1, -0.05) is 12.1 Å². The van der Waals surface area contributed by atoms with Crippen LogP contribution in [0, 0.1) is 0 Å². The monoisotopic (exact) mass is 230 g/mol. The van der Waals surface area contributed by atoms with E-state index in [-0.39, 0.29) is 5.75 Å². The molecule has 2 rings (SSSR count). The maximum atomic E-state index is 9.82. The van der Waals surface area contributed by atoms with Crippen LogP contribution in [0.4, 0.5) is 0 Å². The van der Waals surface area contributed by atoms with Crippen LogP contribution in [0.25, 0.3) is 11.1 Å². The van der Waals surface area contributed by atoms with Gasteiger partial charge < -0.3 is 14.6 Å². The SMILES string of the molecule is COc1ccc(-c2cc(OC)ccc2O)cc1. The van der Waals surface area contributed by atoms with E-state index in [9.17, 15) is 5.11 Å². The maximum Gasteiger partial charge on any atom is 0.123 e. The Morgan fingerprint density at radius 3 is 2.00 bits per heavy atom. The van der Waals surface area contributed by atoms with Crippen LogP contribution in [0.3, 0.4) is 0 Å². The number of rotatable bonds is 3. The highest BCUT2D eigenvalue weighted by Gasteiger charge is 2.06. The summed E-state index contributed by atoms with van der Waals surface area (Å²) in [7, 11) is 3.22. The quantitative estimate of drug-likeness (QED) is 0.880. The fraction of sp³-hybridized carbons (Fsp3) is 0.143. The van der Waals surface area contributed by atoms with Gasteiger partial charge in [0, 0.05) is 5.56 Å². The third-order valence-corrected chi connectivity index (χ3v) is 2.60. The van der Waals surface area contributed by atoms with E-state index in [1.54, 1.807) is 32.4 Å². The Kier molecular flexibility index (Phi) is 3.19. The summed E-state index contributed by atoms with van der Waals surface area (Å²) in [5, 5.41) is 9.82. The van der Waals surface area contributed by atoms with Crippen LogP contribution in [-0.4, -0.2) is 19.3 Å². The second kappa shape index (κ2) is 4.78. The van der Waals surface area contributed by atoms with E-state index in [2.05, 4.69) is 0 Å². The van der Waals surface area contributed by atoms with Gasteiger partial charge in [-0.3, -0.25) is 0 Å². The van der Waals surface area contributed by atoms with Crippen LogP contribution in [0.5, 0.6) is 17.2 Å². The van der Waals surface area contributed by atoms with Crippen molar-refractivity contribution in [2.75, 3.05) is 14.2 Å². The third kappa shape index (κ3) is 2.33. The van der Waals surface area contributed by atoms with E-state index < -0.39 is 0 Å². The van der Waals surface area contributed by atoms with Crippen LogP contribution in [0.2, 0.25) is 0 Å². The van der Waals surface area contributed by atoms with Gasteiger partial charge in [-0.05, 0) is 35.9 Å². The molecule has 3 heteroatoms. The Balaban J connectivity index is 2.43. The van der Waals surface area contributed by atoms with E-state index >= 15 is 0 Å². The zero-order valence-electron chi connectivity index (χ0n) is 9.81. The summed E-state index contributed by atoms with van der Waals surface area (Å²) < 4.78 is 10.2. The van der Waals surface area contributed by atoms with Crippen molar-refractivity contribution < 1.29 is 14.6 Å². The molecular weight excluding hydrogens is 216 g/mol.